The molecular formula is C25H23F9O3S. The van der Waals surface area contributed by atoms with E-state index in [0.29, 0.717) is 29.5 Å². The van der Waals surface area contributed by atoms with Crippen LogP contribution >= 0.6 is 0 Å². The Morgan fingerprint density at radius 1 is 0.789 bits per heavy atom. The van der Waals surface area contributed by atoms with E-state index < -0.39 is 45.1 Å². The molecule has 3 nitrogen and oxygen atoms in total. The lowest BCUT2D eigenvalue weighted by Crippen LogP contribution is -2.35. The Morgan fingerprint density at radius 2 is 1.26 bits per heavy atom. The normalized spacial score (nSPS) is 13.3. The van der Waals surface area contributed by atoms with Crippen LogP contribution in [0, 0.1) is 31.6 Å². The highest BCUT2D eigenvalue weighted by atomic mass is 32.2. The largest absolute Gasteiger partial charge is 0.534 e. The number of alkyl halides is 9. The van der Waals surface area contributed by atoms with Gasteiger partial charge in [0.05, 0.1) is 0 Å². The third kappa shape index (κ3) is 6.57. The minimum absolute atomic E-state index is 0.0364. The van der Waals surface area contributed by atoms with Crippen molar-refractivity contribution >= 4 is 10.1 Å². The van der Waals surface area contributed by atoms with E-state index in [2.05, 4.69) is 4.18 Å². The van der Waals surface area contributed by atoms with Crippen LogP contribution in [0.4, 0.5) is 39.5 Å². The molecule has 2 rings (SSSR count). The van der Waals surface area contributed by atoms with E-state index in [1.165, 1.54) is 44.0 Å². The zero-order valence-corrected chi connectivity index (χ0v) is 21.3. The average molecular weight is 575 g/mol. The SMILES string of the molecule is CCC(CC)(c1ccc(C#CC(C(F)(F)F)C(F)(F)F)c(C)c1)c1ccc(OS(=O)(=O)C(F)(F)F)c(C)c1. The maximum atomic E-state index is 12.8. The molecular weight excluding hydrogens is 551 g/mol. The molecule has 0 radical (unpaired) electrons. The highest BCUT2D eigenvalue weighted by Gasteiger charge is 2.56. The first kappa shape index (κ1) is 31.3. The molecule has 2 aromatic rings. The van der Waals surface area contributed by atoms with Crippen LogP contribution in [0.2, 0.25) is 0 Å². The van der Waals surface area contributed by atoms with Gasteiger partial charge in [0.1, 0.15) is 5.75 Å². The molecule has 0 saturated heterocycles. The molecule has 0 heterocycles. The summed E-state index contributed by atoms with van der Waals surface area (Å²) in [6.45, 7) is 6.47. The van der Waals surface area contributed by atoms with Gasteiger partial charge in [-0.2, -0.15) is 47.9 Å². The third-order valence-corrected chi connectivity index (χ3v) is 7.17. The van der Waals surface area contributed by atoms with Crippen molar-refractivity contribution in [2.24, 2.45) is 5.92 Å². The second kappa shape index (κ2) is 10.7. The fourth-order valence-electron chi connectivity index (χ4n) is 4.04. The van der Waals surface area contributed by atoms with E-state index in [-0.39, 0.29) is 11.1 Å². The van der Waals surface area contributed by atoms with Gasteiger partial charge in [0.15, 0.2) is 0 Å². The highest BCUT2D eigenvalue weighted by molar-refractivity contribution is 7.88. The lowest BCUT2D eigenvalue weighted by molar-refractivity contribution is -0.264. The number of aryl methyl sites for hydroxylation is 2. The van der Waals surface area contributed by atoms with Gasteiger partial charge in [-0.1, -0.05) is 50.0 Å². The molecule has 0 aliphatic rings. The van der Waals surface area contributed by atoms with Crippen LogP contribution in [0.3, 0.4) is 0 Å². The zero-order chi connectivity index (χ0) is 29.3. The van der Waals surface area contributed by atoms with E-state index in [4.69, 9.17) is 0 Å². The van der Waals surface area contributed by atoms with Gasteiger partial charge in [0, 0.05) is 11.0 Å². The molecule has 0 unspecified atom stereocenters. The predicted octanol–water partition coefficient (Wildman–Crippen LogP) is 7.73. The fourth-order valence-corrected chi connectivity index (χ4v) is 4.56. The van der Waals surface area contributed by atoms with Crippen molar-refractivity contribution in [3.63, 3.8) is 0 Å². The molecule has 0 saturated carbocycles. The fraction of sp³-hybridized carbons (Fsp3) is 0.440. The summed E-state index contributed by atoms with van der Waals surface area (Å²) in [5.41, 5.74) is -4.79. The van der Waals surface area contributed by atoms with Gasteiger partial charge >= 0.3 is 28.0 Å². The highest BCUT2D eigenvalue weighted by Crippen LogP contribution is 2.42. The topological polar surface area (TPSA) is 43.4 Å². The number of hydrogen-bond acceptors (Lipinski definition) is 3. The van der Waals surface area contributed by atoms with Crippen LogP contribution in [-0.2, 0) is 15.5 Å². The van der Waals surface area contributed by atoms with Crippen LogP contribution in [0.1, 0.15) is 54.5 Å². The van der Waals surface area contributed by atoms with Crippen LogP contribution in [-0.4, -0.2) is 26.3 Å². The van der Waals surface area contributed by atoms with Crippen molar-refractivity contribution in [1.82, 2.24) is 0 Å². The Morgan fingerprint density at radius 3 is 1.66 bits per heavy atom. The third-order valence-electron chi connectivity index (χ3n) is 6.20. The summed E-state index contributed by atoms with van der Waals surface area (Å²) in [4.78, 5) is 0. The van der Waals surface area contributed by atoms with Crippen LogP contribution in [0.5, 0.6) is 5.75 Å². The molecule has 0 aliphatic carbocycles. The predicted molar refractivity (Wildman–Crippen MR) is 122 cm³/mol. The summed E-state index contributed by atoms with van der Waals surface area (Å²) in [7, 11) is -5.88. The molecule has 0 bridgehead atoms. The maximum Gasteiger partial charge on any atom is 0.534 e. The van der Waals surface area contributed by atoms with Gasteiger partial charge in [-0.25, -0.2) is 0 Å². The number of halogens is 9. The summed E-state index contributed by atoms with van der Waals surface area (Å²) < 4.78 is 142. The number of hydrogen-bond donors (Lipinski definition) is 0. The molecule has 2 aromatic carbocycles. The van der Waals surface area contributed by atoms with Crippen molar-refractivity contribution in [2.45, 2.75) is 63.8 Å². The first-order valence-electron chi connectivity index (χ1n) is 11.1. The average Bonchev–Trinajstić information content (AvgIpc) is 2.75. The lowest BCUT2D eigenvalue weighted by atomic mass is 9.70. The van der Waals surface area contributed by atoms with Crippen molar-refractivity contribution in [3.8, 4) is 17.6 Å². The van der Waals surface area contributed by atoms with Crippen molar-refractivity contribution in [1.29, 1.82) is 0 Å². The van der Waals surface area contributed by atoms with Crippen molar-refractivity contribution in [3.05, 3.63) is 64.2 Å². The molecule has 0 N–H and O–H groups in total. The Kier molecular flexibility index (Phi) is 8.83. The molecule has 0 atom stereocenters. The summed E-state index contributed by atoms with van der Waals surface area (Å²) in [6, 6.07) is 8.35. The summed E-state index contributed by atoms with van der Waals surface area (Å²) >= 11 is 0. The van der Waals surface area contributed by atoms with Crippen LogP contribution < -0.4 is 4.18 Å². The zero-order valence-electron chi connectivity index (χ0n) is 20.5. The van der Waals surface area contributed by atoms with Gasteiger partial charge in [0.25, 0.3) is 0 Å². The number of benzene rings is 2. The number of rotatable bonds is 6. The quantitative estimate of drug-likeness (QED) is 0.154. The van der Waals surface area contributed by atoms with E-state index >= 15 is 0 Å². The molecule has 0 aliphatic heterocycles. The van der Waals surface area contributed by atoms with Gasteiger partial charge in [0.2, 0.25) is 5.92 Å². The molecule has 0 amide bonds. The molecule has 0 aromatic heterocycles. The Labute approximate surface area is 214 Å². The lowest BCUT2D eigenvalue weighted by Gasteiger charge is -2.34. The molecule has 13 heteroatoms. The van der Waals surface area contributed by atoms with E-state index in [0.717, 1.165) is 6.07 Å². The Balaban J connectivity index is 2.53. The summed E-state index contributed by atoms with van der Waals surface area (Å²) in [6.07, 6.45) is -10.3. The monoisotopic (exact) mass is 574 g/mol. The molecule has 38 heavy (non-hydrogen) atoms. The molecule has 0 fully saturated rings. The first-order valence-corrected chi connectivity index (χ1v) is 12.5. The van der Waals surface area contributed by atoms with Gasteiger partial charge < -0.3 is 4.18 Å². The minimum atomic E-state index is -5.88. The van der Waals surface area contributed by atoms with Gasteiger partial charge in [-0.3, -0.25) is 0 Å². The van der Waals surface area contributed by atoms with Gasteiger partial charge in [-0.15, -0.1) is 0 Å². The van der Waals surface area contributed by atoms with E-state index in [9.17, 15) is 47.9 Å². The van der Waals surface area contributed by atoms with Crippen LogP contribution in [0.15, 0.2) is 36.4 Å². The van der Waals surface area contributed by atoms with Crippen LogP contribution in [0.25, 0.3) is 0 Å². The van der Waals surface area contributed by atoms with Gasteiger partial charge in [-0.05, 0) is 61.1 Å². The maximum absolute atomic E-state index is 12.8. The second-order valence-electron chi connectivity index (χ2n) is 8.57. The van der Waals surface area contributed by atoms with E-state index in [1.807, 2.05) is 19.8 Å². The van der Waals surface area contributed by atoms with Crippen molar-refractivity contribution in [2.75, 3.05) is 0 Å². The van der Waals surface area contributed by atoms with Crippen molar-refractivity contribution < 1.29 is 52.1 Å². The first-order chi connectivity index (χ1) is 17.2. The summed E-state index contributed by atoms with van der Waals surface area (Å²) in [5.74, 6) is -1.07. The minimum Gasteiger partial charge on any atom is -0.376 e. The smallest absolute Gasteiger partial charge is 0.376 e. The second-order valence-corrected chi connectivity index (χ2v) is 10.1. The molecule has 0 spiro atoms. The summed E-state index contributed by atoms with van der Waals surface area (Å²) in [5, 5.41) is 0. The van der Waals surface area contributed by atoms with E-state index in [1.54, 1.807) is 6.07 Å². The Bertz CT molecular complexity index is 1310. The Hall–Kier alpha value is -2.88. The standard InChI is InChI=1S/C25H23F9O3S/c1-5-22(6-2,19-10-11-20(16(4)14-19)37-38(35,36)25(32,33)34)18-9-7-17(15(3)13-18)8-12-21(23(26,27)28)24(29,30)31/h7,9-11,13-14,21H,5-6H2,1-4H3. The molecule has 210 valence electrons.